The van der Waals surface area contributed by atoms with Crippen LogP contribution in [0, 0.1) is 13.8 Å². The fraction of sp³-hybridized carbons (Fsp3) is 0.408. The average Bonchev–Trinajstić information content (AvgIpc) is 3.80. The molecule has 2 fully saturated rings. The zero-order chi connectivity index (χ0) is 52.6. The van der Waals surface area contributed by atoms with E-state index in [1.807, 2.05) is 0 Å². The molecule has 382 valence electrons. The molecular weight excluding hydrogens is 906 g/mol. The molecule has 0 radical (unpaired) electrons. The van der Waals surface area contributed by atoms with Crippen LogP contribution in [0.15, 0.2) is 133 Å². The molecule has 0 N–H and O–H groups in total. The summed E-state index contributed by atoms with van der Waals surface area (Å²) >= 11 is 0. The van der Waals surface area contributed by atoms with Gasteiger partial charge in [-0.15, -0.1) is 0 Å². The van der Waals surface area contributed by atoms with Gasteiger partial charge in [0.15, 0.2) is 0 Å². The van der Waals surface area contributed by atoms with Crippen LogP contribution in [0.4, 0.5) is 39.8 Å². The maximum atomic E-state index is 2.98. The Balaban J connectivity index is 1.20. The number of rotatable bonds is 4. The molecule has 0 aromatic heterocycles. The highest BCUT2D eigenvalue weighted by atomic mass is 15.3. The predicted octanol–water partition coefficient (Wildman–Crippen LogP) is 17.0. The fourth-order valence-electron chi connectivity index (χ4n) is 16.5. The Labute approximate surface area is 450 Å². The molecule has 4 aliphatic heterocycles. The highest BCUT2D eigenvalue weighted by Crippen LogP contribution is 2.67. The second kappa shape index (κ2) is 16.0. The Bertz CT molecular complexity index is 3500. The zero-order valence-electron chi connectivity index (χ0n) is 47.8. The first kappa shape index (κ1) is 48.6. The van der Waals surface area contributed by atoms with Crippen LogP contribution in [0.2, 0.25) is 0 Å². The maximum absolute atomic E-state index is 2.98. The van der Waals surface area contributed by atoms with Crippen LogP contribution < -0.4 is 31.1 Å². The summed E-state index contributed by atoms with van der Waals surface area (Å²) in [4.78, 5) is 8.65. The first-order chi connectivity index (χ1) is 35.5. The van der Waals surface area contributed by atoms with Gasteiger partial charge in [0.25, 0.3) is 6.71 Å². The standard InChI is InChI=1S/C71H80BN3/c1-45-39-46(2)62-64-61(45)68(12)35-21-22-36-69(68,13)75(64)60-44-52(74-57-34-31-50(66(6,7)8)41-54(57)71(48-27-19-16-20-28-48)38-24-23-37-70(71,74)14)43-59-63(60)72(62)55-32-29-51(67(9,10)11)42-58(55)73(59)56-33-30-49(65(3,4)5)40-53(56)47-25-17-15-18-26-47/h15-20,25-34,39-44H,21-24,35-38H2,1-14H3. The van der Waals surface area contributed by atoms with Crippen molar-refractivity contribution in [1.29, 1.82) is 0 Å². The highest BCUT2D eigenvalue weighted by Gasteiger charge is 2.64. The third kappa shape index (κ3) is 6.53. The van der Waals surface area contributed by atoms with Crippen LogP contribution in [0.25, 0.3) is 11.1 Å². The smallest absolute Gasteiger partial charge is 0.252 e. The van der Waals surface area contributed by atoms with Gasteiger partial charge in [-0.1, -0.05) is 198 Å². The molecule has 3 nitrogen and oxygen atoms in total. The Kier molecular flexibility index (Phi) is 10.4. The molecule has 13 rings (SSSR count). The van der Waals surface area contributed by atoms with Crippen LogP contribution in [-0.2, 0) is 27.1 Å². The van der Waals surface area contributed by atoms with Crippen LogP contribution >= 0.6 is 0 Å². The van der Waals surface area contributed by atoms with Gasteiger partial charge in [0, 0.05) is 50.5 Å². The number of benzene rings is 7. The van der Waals surface area contributed by atoms with Crippen molar-refractivity contribution < 1.29 is 0 Å². The molecule has 0 bridgehead atoms. The van der Waals surface area contributed by atoms with Gasteiger partial charge in [-0.25, -0.2) is 0 Å². The van der Waals surface area contributed by atoms with E-state index in [0.717, 1.165) is 12.8 Å². The summed E-state index contributed by atoms with van der Waals surface area (Å²) in [5.74, 6) is 0. The molecule has 0 saturated heterocycles. The van der Waals surface area contributed by atoms with E-state index >= 15 is 0 Å². The fourth-order valence-corrected chi connectivity index (χ4v) is 16.5. The number of hydrogen-bond acceptors (Lipinski definition) is 3. The molecule has 0 spiro atoms. The Morgan fingerprint density at radius 1 is 0.467 bits per heavy atom. The first-order valence-electron chi connectivity index (χ1n) is 28.8. The summed E-state index contributed by atoms with van der Waals surface area (Å²) in [6, 6.07) is 53.7. The van der Waals surface area contributed by atoms with Gasteiger partial charge in [-0.3, -0.25) is 0 Å². The molecule has 6 aliphatic rings. The molecular formula is C71H80BN3. The van der Waals surface area contributed by atoms with E-state index in [1.54, 1.807) is 5.56 Å². The molecule has 2 aliphatic carbocycles. The van der Waals surface area contributed by atoms with Crippen molar-refractivity contribution in [3.63, 3.8) is 0 Å². The van der Waals surface area contributed by atoms with E-state index in [2.05, 4.69) is 245 Å². The van der Waals surface area contributed by atoms with Crippen LogP contribution in [0.1, 0.15) is 179 Å². The summed E-state index contributed by atoms with van der Waals surface area (Å²) in [5.41, 5.74) is 27.3. The van der Waals surface area contributed by atoms with Crippen molar-refractivity contribution in [1.82, 2.24) is 0 Å². The summed E-state index contributed by atoms with van der Waals surface area (Å²) in [5, 5.41) is 0. The van der Waals surface area contributed by atoms with E-state index in [9.17, 15) is 0 Å². The average molecular weight is 986 g/mol. The third-order valence-corrected chi connectivity index (χ3v) is 20.6. The Hall–Kier alpha value is -6.00. The molecule has 7 aromatic carbocycles. The van der Waals surface area contributed by atoms with Gasteiger partial charge >= 0.3 is 0 Å². The van der Waals surface area contributed by atoms with E-state index in [0.29, 0.717) is 0 Å². The molecule has 0 amide bonds. The molecule has 2 saturated carbocycles. The summed E-state index contributed by atoms with van der Waals surface area (Å²) in [6.45, 7) is 34.3. The molecule has 75 heavy (non-hydrogen) atoms. The molecule has 4 heterocycles. The van der Waals surface area contributed by atoms with Crippen molar-refractivity contribution in [2.45, 2.75) is 186 Å². The quantitative estimate of drug-likeness (QED) is 0.163. The minimum absolute atomic E-state index is 0.00716. The van der Waals surface area contributed by atoms with Gasteiger partial charge < -0.3 is 14.7 Å². The molecule has 4 heteroatoms. The topological polar surface area (TPSA) is 9.72 Å². The number of anilines is 7. The van der Waals surface area contributed by atoms with Gasteiger partial charge in [-0.05, 0) is 167 Å². The second-order valence-corrected chi connectivity index (χ2v) is 27.9. The lowest BCUT2D eigenvalue weighted by Gasteiger charge is -2.54. The van der Waals surface area contributed by atoms with Crippen molar-refractivity contribution in [3.8, 4) is 11.1 Å². The normalized spacial score (nSPS) is 24.3. The van der Waals surface area contributed by atoms with E-state index < -0.39 is 0 Å². The monoisotopic (exact) mass is 986 g/mol. The first-order valence-corrected chi connectivity index (χ1v) is 28.8. The van der Waals surface area contributed by atoms with Crippen molar-refractivity contribution in [3.05, 3.63) is 178 Å². The van der Waals surface area contributed by atoms with Crippen molar-refractivity contribution >= 4 is 62.9 Å². The van der Waals surface area contributed by atoms with Gasteiger partial charge in [-0.2, -0.15) is 0 Å². The van der Waals surface area contributed by atoms with E-state index in [1.165, 1.54) is 145 Å². The number of aryl methyl sites for hydroxylation is 2. The van der Waals surface area contributed by atoms with E-state index in [4.69, 9.17) is 0 Å². The molecule has 4 atom stereocenters. The second-order valence-electron chi connectivity index (χ2n) is 27.9. The van der Waals surface area contributed by atoms with Gasteiger partial charge in [0.1, 0.15) is 0 Å². The SMILES string of the molecule is Cc1cc(C)c2c3c1B1c4ccc(C(C)(C)C)cc4N(c4ccc(C(C)(C)C)cc4-c4ccccc4)c4cc(N5c6ccc(C(C)(C)C)cc6C6(c7ccccc7)CCCCC56C)cc(c41)N3C1(C)CCCCC21C. The van der Waals surface area contributed by atoms with Crippen molar-refractivity contribution in [2.75, 3.05) is 14.7 Å². The summed E-state index contributed by atoms with van der Waals surface area (Å²) < 4.78 is 0. The lowest BCUT2D eigenvalue weighted by molar-refractivity contribution is 0.194. The Morgan fingerprint density at radius 2 is 1.04 bits per heavy atom. The molecule has 4 unspecified atom stereocenters. The predicted molar refractivity (Wildman–Crippen MR) is 322 cm³/mol. The maximum Gasteiger partial charge on any atom is 0.252 e. The van der Waals surface area contributed by atoms with Gasteiger partial charge in [0.2, 0.25) is 0 Å². The minimum Gasteiger partial charge on any atom is -0.335 e. The van der Waals surface area contributed by atoms with E-state index in [-0.39, 0.29) is 44.9 Å². The third-order valence-electron chi connectivity index (χ3n) is 20.6. The highest BCUT2D eigenvalue weighted by molar-refractivity contribution is 7.00. The number of hydrogen-bond donors (Lipinski definition) is 0. The van der Waals surface area contributed by atoms with Crippen LogP contribution in [0.5, 0.6) is 0 Å². The zero-order valence-corrected chi connectivity index (χ0v) is 47.8. The van der Waals surface area contributed by atoms with Crippen LogP contribution in [-0.4, -0.2) is 17.8 Å². The van der Waals surface area contributed by atoms with Crippen molar-refractivity contribution in [2.24, 2.45) is 0 Å². The largest absolute Gasteiger partial charge is 0.335 e. The van der Waals surface area contributed by atoms with Crippen LogP contribution in [0.3, 0.4) is 0 Å². The molecule has 7 aromatic rings. The van der Waals surface area contributed by atoms with Gasteiger partial charge in [0.05, 0.1) is 16.8 Å². The number of nitrogens with zero attached hydrogens (tertiary/aromatic N) is 3. The minimum atomic E-state index is -0.245. The Morgan fingerprint density at radius 3 is 1.72 bits per heavy atom. The summed E-state index contributed by atoms with van der Waals surface area (Å²) in [6.07, 6.45) is 9.53. The number of fused-ring (bicyclic) bond motifs is 10. The summed E-state index contributed by atoms with van der Waals surface area (Å²) in [7, 11) is 0. The lowest BCUT2D eigenvalue weighted by Crippen LogP contribution is -2.65. The lowest BCUT2D eigenvalue weighted by atomic mass is 9.32.